The molecule has 0 heterocycles. The maximum atomic E-state index is 6.65. The third kappa shape index (κ3) is 1.82. The van der Waals surface area contributed by atoms with Crippen molar-refractivity contribution in [3.05, 3.63) is 0 Å². The first-order valence-electron chi connectivity index (χ1n) is 1.66. The maximum absolute atomic E-state index is 6.65. The van der Waals surface area contributed by atoms with Crippen molar-refractivity contribution in [2.75, 3.05) is 14.1 Å². The van der Waals surface area contributed by atoms with E-state index < -0.39 is 0 Å². The molecule has 0 rings (SSSR count). The molecule has 0 bridgehead atoms. The number of nitrogens with one attached hydrogen (secondary N) is 1. The molecule has 0 spiro atoms. The van der Waals surface area contributed by atoms with E-state index in [0.29, 0.717) is 0 Å². The van der Waals surface area contributed by atoms with Crippen molar-refractivity contribution in [2.45, 2.75) is 0 Å². The van der Waals surface area contributed by atoms with E-state index in [1.807, 2.05) is 0 Å². The first kappa shape index (κ1) is 5.53. The summed E-state index contributed by atoms with van der Waals surface area (Å²) in [6.07, 6.45) is 0. The first-order chi connectivity index (χ1) is 2.64. The molecule has 0 aromatic rings. The topological polar surface area (TPSA) is 27.1 Å². The SMILES string of the molecule is [B]C(=N)N(C)C. The largest absolute Gasteiger partial charge is 0.376 e. The second-order valence-corrected chi connectivity index (χ2v) is 1.28. The lowest BCUT2D eigenvalue weighted by molar-refractivity contribution is 0.630. The minimum Gasteiger partial charge on any atom is -0.376 e. The minimum atomic E-state index is 0.0926. The van der Waals surface area contributed by atoms with Crippen molar-refractivity contribution >= 4 is 13.6 Å². The van der Waals surface area contributed by atoms with E-state index in [9.17, 15) is 0 Å². The van der Waals surface area contributed by atoms with E-state index in [2.05, 4.69) is 0 Å². The van der Waals surface area contributed by atoms with Crippen LogP contribution in [0.4, 0.5) is 0 Å². The van der Waals surface area contributed by atoms with Crippen LogP contribution in [0.1, 0.15) is 0 Å². The highest BCUT2D eigenvalue weighted by Gasteiger charge is 1.81. The zero-order valence-corrected chi connectivity index (χ0v) is 4.02. The molecule has 6 heavy (non-hydrogen) atoms. The molecule has 3 heteroatoms. The highest BCUT2D eigenvalue weighted by molar-refractivity contribution is 6.57. The van der Waals surface area contributed by atoms with Gasteiger partial charge in [-0.05, 0) is 0 Å². The van der Waals surface area contributed by atoms with Gasteiger partial charge in [0.25, 0.3) is 0 Å². The molecule has 32 valence electrons. The fourth-order valence-electron chi connectivity index (χ4n) is 0. The number of rotatable bonds is 0. The van der Waals surface area contributed by atoms with Crippen LogP contribution in [0.3, 0.4) is 0 Å². The molecule has 0 amide bonds. The van der Waals surface area contributed by atoms with Gasteiger partial charge in [0.15, 0.2) is 7.85 Å². The van der Waals surface area contributed by atoms with Gasteiger partial charge in [-0.1, -0.05) is 0 Å². The smallest absolute Gasteiger partial charge is 0.166 e. The lowest BCUT2D eigenvalue weighted by atomic mass is 10.1. The molecule has 1 N–H and O–H groups in total. The first-order valence-corrected chi connectivity index (χ1v) is 1.66. The number of amidine groups is 1. The lowest BCUT2D eigenvalue weighted by Gasteiger charge is -2.07. The predicted molar refractivity (Wildman–Crippen MR) is 27.2 cm³/mol. The molecule has 0 aromatic heterocycles. The Morgan fingerprint density at radius 2 is 1.83 bits per heavy atom. The Hall–Kier alpha value is -0.465. The molecule has 0 aliphatic carbocycles. The maximum Gasteiger partial charge on any atom is 0.166 e. The summed E-state index contributed by atoms with van der Waals surface area (Å²) >= 11 is 0. The van der Waals surface area contributed by atoms with Gasteiger partial charge >= 0.3 is 0 Å². The lowest BCUT2D eigenvalue weighted by Crippen LogP contribution is -2.19. The molecule has 2 nitrogen and oxygen atoms in total. The van der Waals surface area contributed by atoms with E-state index in [4.69, 9.17) is 13.3 Å². The zero-order valence-electron chi connectivity index (χ0n) is 4.02. The van der Waals surface area contributed by atoms with Crippen molar-refractivity contribution in [3.8, 4) is 0 Å². The van der Waals surface area contributed by atoms with Gasteiger partial charge in [0.1, 0.15) is 0 Å². The summed E-state index contributed by atoms with van der Waals surface area (Å²) in [7, 11) is 8.39. The van der Waals surface area contributed by atoms with Crippen molar-refractivity contribution in [2.24, 2.45) is 0 Å². The summed E-state index contributed by atoms with van der Waals surface area (Å²) < 4.78 is 0. The molecular weight excluding hydrogens is 74.9 g/mol. The molecular formula is C3H7BN2. The van der Waals surface area contributed by atoms with Crippen LogP contribution in [0.2, 0.25) is 0 Å². The molecule has 0 fully saturated rings. The van der Waals surface area contributed by atoms with Gasteiger partial charge in [-0.3, -0.25) is 0 Å². The van der Waals surface area contributed by atoms with Crippen molar-refractivity contribution in [1.29, 1.82) is 5.41 Å². The van der Waals surface area contributed by atoms with Gasteiger partial charge in [-0.25, -0.2) is 0 Å². The highest BCUT2D eigenvalue weighted by atomic mass is 15.1. The Bertz CT molecular complexity index is 59.8. The van der Waals surface area contributed by atoms with Crippen LogP contribution in [-0.2, 0) is 0 Å². The fourth-order valence-corrected chi connectivity index (χ4v) is 0. The van der Waals surface area contributed by atoms with E-state index in [-0.39, 0.29) is 5.73 Å². The third-order valence-electron chi connectivity index (χ3n) is 0.482. The van der Waals surface area contributed by atoms with E-state index >= 15 is 0 Å². The standard InChI is InChI=1S/C3H7BN2/c1-6(2)3(4)5/h5H,1-2H3. The monoisotopic (exact) mass is 82.1 g/mol. The van der Waals surface area contributed by atoms with Gasteiger partial charge in [0, 0.05) is 19.8 Å². The van der Waals surface area contributed by atoms with Gasteiger partial charge in [0.2, 0.25) is 0 Å². The second kappa shape index (κ2) is 1.85. The van der Waals surface area contributed by atoms with Crippen LogP contribution in [0.15, 0.2) is 0 Å². The zero-order chi connectivity index (χ0) is 5.15. The van der Waals surface area contributed by atoms with E-state index in [1.54, 1.807) is 14.1 Å². The average Bonchev–Trinajstić information content (AvgIpc) is 1.36. The van der Waals surface area contributed by atoms with Crippen LogP contribution >= 0.6 is 0 Å². The number of nitrogens with zero attached hydrogens (tertiary/aromatic N) is 1. The van der Waals surface area contributed by atoms with Crippen LogP contribution in [-0.4, -0.2) is 32.6 Å². The summed E-state index contributed by atoms with van der Waals surface area (Å²) in [6, 6.07) is 0. The molecule has 0 aromatic carbocycles. The Kier molecular flexibility index (Phi) is 1.71. The summed E-state index contributed by atoms with van der Waals surface area (Å²) in [6.45, 7) is 0. The van der Waals surface area contributed by atoms with Crippen LogP contribution in [0.25, 0.3) is 0 Å². The molecule has 0 atom stereocenters. The molecule has 0 saturated heterocycles. The Morgan fingerprint density at radius 3 is 1.83 bits per heavy atom. The fraction of sp³-hybridized carbons (Fsp3) is 0.667. The second-order valence-electron chi connectivity index (χ2n) is 1.28. The third-order valence-corrected chi connectivity index (χ3v) is 0.482. The molecule has 0 aliphatic heterocycles. The van der Waals surface area contributed by atoms with E-state index in [1.165, 1.54) is 4.90 Å². The van der Waals surface area contributed by atoms with Gasteiger partial charge in [0.05, 0.1) is 0 Å². The normalized spacial score (nSPS) is 7.67. The minimum absolute atomic E-state index is 0.0926. The van der Waals surface area contributed by atoms with Crippen molar-refractivity contribution in [3.63, 3.8) is 0 Å². The number of hydrogen-bond acceptors (Lipinski definition) is 1. The molecule has 0 unspecified atom stereocenters. The summed E-state index contributed by atoms with van der Waals surface area (Å²) in [5.74, 6) is 0. The summed E-state index contributed by atoms with van der Waals surface area (Å²) in [5.41, 5.74) is 0.0926. The van der Waals surface area contributed by atoms with Crippen LogP contribution < -0.4 is 0 Å². The van der Waals surface area contributed by atoms with Crippen LogP contribution in [0.5, 0.6) is 0 Å². The quantitative estimate of drug-likeness (QED) is 0.241. The van der Waals surface area contributed by atoms with Gasteiger partial charge < -0.3 is 10.3 Å². The average molecular weight is 81.9 g/mol. The molecule has 2 radical (unpaired) electrons. The van der Waals surface area contributed by atoms with Crippen molar-refractivity contribution < 1.29 is 0 Å². The van der Waals surface area contributed by atoms with Gasteiger partial charge in [-0.15, -0.1) is 0 Å². The molecule has 0 aliphatic rings. The predicted octanol–water partition coefficient (Wildman–Crippen LogP) is -0.349. The summed E-state index contributed by atoms with van der Waals surface area (Å²) in [5, 5.41) is 6.65. The summed E-state index contributed by atoms with van der Waals surface area (Å²) in [4.78, 5) is 1.53. The van der Waals surface area contributed by atoms with Crippen LogP contribution in [0, 0.1) is 5.41 Å². The molecule has 0 saturated carbocycles. The number of hydrogen-bond donors (Lipinski definition) is 1. The Labute approximate surface area is 39.1 Å². The van der Waals surface area contributed by atoms with E-state index in [0.717, 1.165) is 0 Å². The van der Waals surface area contributed by atoms with Crippen molar-refractivity contribution in [1.82, 2.24) is 4.90 Å². The highest BCUT2D eigenvalue weighted by Crippen LogP contribution is 1.65. The van der Waals surface area contributed by atoms with Gasteiger partial charge in [-0.2, -0.15) is 0 Å². The Morgan fingerprint density at radius 1 is 1.67 bits per heavy atom. The Balaban J connectivity index is 3.26.